The SMILES string of the molecule is Cc1cccc2c(=O)n(C3(C)CCCC(=O)NC3=O)cnc12. The number of fused-ring (bicyclic) bond motifs is 1. The minimum Gasteiger partial charge on any atom is -0.294 e. The van der Waals surface area contributed by atoms with Crippen molar-refractivity contribution in [2.45, 2.75) is 38.6 Å². The lowest BCUT2D eigenvalue weighted by molar-refractivity contribution is -0.134. The fourth-order valence-corrected chi connectivity index (χ4v) is 2.91. The van der Waals surface area contributed by atoms with Gasteiger partial charge in [-0.1, -0.05) is 12.1 Å². The predicted molar refractivity (Wildman–Crippen MR) is 81.4 cm³/mol. The quantitative estimate of drug-likeness (QED) is 0.803. The van der Waals surface area contributed by atoms with E-state index in [-0.39, 0.29) is 17.9 Å². The Labute approximate surface area is 127 Å². The average molecular weight is 299 g/mol. The molecule has 1 atom stereocenters. The van der Waals surface area contributed by atoms with Crippen LogP contribution in [-0.2, 0) is 15.1 Å². The molecule has 3 rings (SSSR count). The second-order valence-electron chi connectivity index (χ2n) is 5.90. The van der Waals surface area contributed by atoms with Gasteiger partial charge in [0.25, 0.3) is 11.5 Å². The summed E-state index contributed by atoms with van der Waals surface area (Å²) in [6.45, 7) is 3.56. The van der Waals surface area contributed by atoms with Crippen LogP contribution in [-0.4, -0.2) is 21.4 Å². The molecular weight excluding hydrogens is 282 g/mol. The van der Waals surface area contributed by atoms with Crippen molar-refractivity contribution in [3.8, 4) is 0 Å². The average Bonchev–Trinajstić information content (AvgIpc) is 2.60. The lowest BCUT2D eigenvalue weighted by atomic mass is 9.94. The fourth-order valence-electron chi connectivity index (χ4n) is 2.91. The first kappa shape index (κ1) is 14.4. The van der Waals surface area contributed by atoms with Crippen LogP contribution in [0.1, 0.15) is 31.7 Å². The van der Waals surface area contributed by atoms with Crippen LogP contribution in [0.5, 0.6) is 0 Å². The third-order valence-electron chi connectivity index (χ3n) is 4.33. The van der Waals surface area contributed by atoms with Gasteiger partial charge >= 0.3 is 0 Å². The summed E-state index contributed by atoms with van der Waals surface area (Å²) in [7, 11) is 0. The van der Waals surface area contributed by atoms with Crippen molar-refractivity contribution in [1.82, 2.24) is 14.9 Å². The Hall–Kier alpha value is -2.50. The Bertz CT molecular complexity index is 840. The summed E-state index contributed by atoms with van der Waals surface area (Å²) in [6.07, 6.45) is 2.67. The molecule has 0 bridgehead atoms. The Kier molecular flexibility index (Phi) is 3.31. The number of benzene rings is 1. The highest BCUT2D eigenvalue weighted by Crippen LogP contribution is 2.25. The molecule has 2 amide bonds. The van der Waals surface area contributed by atoms with Crippen molar-refractivity contribution in [3.05, 3.63) is 40.4 Å². The van der Waals surface area contributed by atoms with Gasteiger partial charge in [0.05, 0.1) is 17.2 Å². The number of rotatable bonds is 1. The first-order valence-electron chi connectivity index (χ1n) is 7.25. The smallest absolute Gasteiger partial charge is 0.262 e. The normalized spacial score (nSPS) is 22.5. The third kappa shape index (κ3) is 2.11. The van der Waals surface area contributed by atoms with Crippen LogP contribution >= 0.6 is 0 Å². The van der Waals surface area contributed by atoms with E-state index in [1.165, 1.54) is 10.9 Å². The summed E-state index contributed by atoms with van der Waals surface area (Å²) < 4.78 is 1.35. The second-order valence-corrected chi connectivity index (χ2v) is 5.90. The minimum absolute atomic E-state index is 0.263. The van der Waals surface area contributed by atoms with E-state index in [4.69, 9.17) is 0 Å². The molecule has 2 heterocycles. The van der Waals surface area contributed by atoms with Gasteiger partial charge in [-0.25, -0.2) is 4.98 Å². The van der Waals surface area contributed by atoms with Crippen LogP contribution in [0.25, 0.3) is 10.9 Å². The third-order valence-corrected chi connectivity index (χ3v) is 4.33. The molecule has 1 unspecified atom stereocenters. The highest BCUT2D eigenvalue weighted by atomic mass is 16.2. The molecule has 1 aromatic carbocycles. The van der Waals surface area contributed by atoms with E-state index in [1.54, 1.807) is 19.1 Å². The molecule has 0 radical (unpaired) electrons. The van der Waals surface area contributed by atoms with E-state index in [1.807, 2.05) is 13.0 Å². The van der Waals surface area contributed by atoms with E-state index in [0.29, 0.717) is 23.7 Å². The van der Waals surface area contributed by atoms with E-state index >= 15 is 0 Å². The topological polar surface area (TPSA) is 81.1 Å². The minimum atomic E-state index is -1.10. The molecular formula is C16H17N3O3. The van der Waals surface area contributed by atoms with E-state index < -0.39 is 11.4 Å². The monoisotopic (exact) mass is 299 g/mol. The maximum atomic E-state index is 12.8. The lowest BCUT2D eigenvalue weighted by Crippen LogP contribution is -2.50. The highest BCUT2D eigenvalue weighted by molar-refractivity contribution is 5.99. The maximum absolute atomic E-state index is 12.8. The molecule has 1 aliphatic rings. The molecule has 114 valence electrons. The van der Waals surface area contributed by atoms with Crippen LogP contribution in [0.3, 0.4) is 0 Å². The number of nitrogens with zero attached hydrogens (tertiary/aromatic N) is 2. The highest BCUT2D eigenvalue weighted by Gasteiger charge is 2.39. The van der Waals surface area contributed by atoms with Crippen LogP contribution in [0.4, 0.5) is 0 Å². The van der Waals surface area contributed by atoms with E-state index in [2.05, 4.69) is 10.3 Å². The van der Waals surface area contributed by atoms with Crippen LogP contribution < -0.4 is 10.9 Å². The van der Waals surface area contributed by atoms with Gasteiger partial charge in [0.15, 0.2) is 0 Å². The summed E-state index contributed by atoms with van der Waals surface area (Å²) in [4.78, 5) is 41.0. The van der Waals surface area contributed by atoms with Crippen LogP contribution in [0.15, 0.2) is 29.3 Å². The van der Waals surface area contributed by atoms with Crippen molar-refractivity contribution in [2.24, 2.45) is 0 Å². The molecule has 1 saturated heterocycles. The molecule has 1 N–H and O–H groups in total. The van der Waals surface area contributed by atoms with E-state index in [9.17, 15) is 14.4 Å². The molecule has 1 aliphatic heterocycles. The zero-order valence-corrected chi connectivity index (χ0v) is 12.5. The number of aromatic nitrogens is 2. The van der Waals surface area contributed by atoms with E-state index in [0.717, 1.165) is 5.56 Å². The Morgan fingerprint density at radius 1 is 1.27 bits per heavy atom. The van der Waals surface area contributed by atoms with Crippen molar-refractivity contribution in [1.29, 1.82) is 0 Å². The molecule has 0 spiro atoms. The van der Waals surface area contributed by atoms with Crippen molar-refractivity contribution in [3.63, 3.8) is 0 Å². The number of imide groups is 1. The van der Waals surface area contributed by atoms with Gasteiger partial charge in [-0.3, -0.25) is 24.3 Å². The molecule has 6 nitrogen and oxygen atoms in total. The summed E-state index contributed by atoms with van der Waals surface area (Å²) in [6, 6.07) is 5.39. The number of hydrogen-bond acceptors (Lipinski definition) is 4. The maximum Gasteiger partial charge on any atom is 0.262 e. The molecule has 6 heteroatoms. The number of nitrogens with one attached hydrogen (secondary N) is 1. The molecule has 1 aromatic heterocycles. The number of hydrogen-bond donors (Lipinski definition) is 1. The van der Waals surface area contributed by atoms with Crippen molar-refractivity contribution >= 4 is 22.7 Å². The second kappa shape index (κ2) is 5.05. The number of carbonyl (C=O) groups is 2. The standard InChI is InChI=1S/C16H17N3O3/c1-10-5-3-6-11-13(10)17-9-19(14(11)21)16(2)8-4-7-12(20)18-15(16)22/h3,5-6,9H,4,7-8H2,1-2H3,(H,18,20,22). The zero-order chi connectivity index (χ0) is 15.9. The number of para-hydroxylation sites is 1. The van der Waals surface area contributed by atoms with Crippen LogP contribution in [0.2, 0.25) is 0 Å². The van der Waals surface area contributed by atoms with Crippen molar-refractivity contribution < 1.29 is 9.59 Å². The summed E-state index contributed by atoms with van der Waals surface area (Å²) in [5, 5.41) is 2.83. The molecule has 0 aliphatic carbocycles. The van der Waals surface area contributed by atoms with Gasteiger partial charge < -0.3 is 0 Å². The van der Waals surface area contributed by atoms with Gasteiger partial charge in [-0.15, -0.1) is 0 Å². The first-order valence-corrected chi connectivity index (χ1v) is 7.25. The van der Waals surface area contributed by atoms with Crippen molar-refractivity contribution in [2.75, 3.05) is 0 Å². The molecule has 1 fully saturated rings. The van der Waals surface area contributed by atoms with Gasteiger partial charge in [0.1, 0.15) is 5.54 Å². The first-order chi connectivity index (χ1) is 10.4. The Morgan fingerprint density at radius 3 is 2.82 bits per heavy atom. The zero-order valence-electron chi connectivity index (χ0n) is 12.5. The summed E-state index contributed by atoms with van der Waals surface area (Å²) in [5.74, 6) is -0.753. The summed E-state index contributed by atoms with van der Waals surface area (Å²) >= 11 is 0. The number of carbonyl (C=O) groups excluding carboxylic acids is 2. The Morgan fingerprint density at radius 2 is 2.05 bits per heavy atom. The van der Waals surface area contributed by atoms with Gasteiger partial charge in [-0.05, 0) is 38.3 Å². The Balaban J connectivity index is 2.21. The number of amides is 2. The number of aryl methyl sites for hydroxylation is 1. The van der Waals surface area contributed by atoms with Gasteiger partial charge in [0.2, 0.25) is 5.91 Å². The van der Waals surface area contributed by atoms with Gasteiger partial charge in [-0.2, -0.15) is 0 Å². The fraction of sp³-hybridized carbons (Fsp3) is 0.375. The lowest BCUT2D eigenvalue weighted by Gasteiger charge is -2.28. The predicted octanol–water partition coefficient (Wildman–Crippen LogP) is 1.25. The summed E-state index contributed by atoms with van der Waals surface area (Å²) in [5.41, 5.74) is 0.180. The largest absolute Gasteiger partial charge is 0.294 e. The van der Waals surface area contributed by atoms with Crippen LogP contribution in [0, 0.1) is 6.92 Å². The molecule has 22 heavy (non-hydrogen) atoms. The molecule has 2 aromatic rings. The molecule has 0 saturated carbocycles. The van der Waals surface area contributed by atoms with Gasteiger partial charge in [0, 0.05) is 6.42 Å².